The van der Waals surface area contributed by atoms with Gasteiger partial charge in [-0.3, -0.25) is 9.52 Å². The molecule has 0 bridgehead atoms. The van der Waals surface area contributed by atoms with Gasteiger partial charge in [0.15, 0.2) is 0 Å². The van der Waals surface area contributed by atoms with Crippen LogP contribution in [0, 0.1) is 13.8 Å². The lowest BCUT2D eigenvalue weighted by molar-refractivity contribution is -0.114. The van der Waals surface area contributed by atoms with Crippen LogP contribution in [0.4, 0.5) is 11.4 Å². The number of halogens is 1. The number of carbonyl (C=O) groups is 1. The van der Waals surface area contributed by atoms with E-state index in [1.807, 2.05) is 0 Å². The van der Waals surface area contributed by atoms with Crippen LogP contribution in [0.25, 0.3) is 0 Å². The van der Waals surface area contributed by atoms with E-state index in [1.165, 1.54) is 6.92 Å². The zero-order valence-corrected chi connectivity index (χ0v) is 14.5. The lowest BCUT2D eigenvalue weighted by atomic mass is 10.1. The largest absolute Gasteiger partial charge is 0.326 e. The molecule has 2 aromatic rings. The number of rotatable bonds is 4. The highest BCUT2D eigenvalue weighted by Gasteiger charge is 2.20. The van der Waals surface area contributed by atoms with E-state index in [0.717, 1.165) is 0 Å². The highest BCUT2D eigenvalue weighted by Crippen LogP contribution is 2.27. The quantitative estimate of drug-likeness (QED) is 0.880. The molecular weight excluding hydrogens is 336 g/mol. The van der Waals surface area contributed by atoms with Crippen LogP contribution in [0.1, 0.15) is 18.1 Å². The SMILES string of the molecule is CC(=O)Nc1cc(C)c(S(=O)(=O)Nc2ccc(Cl)cc2)c(C)c1. The summed E-state index contributed by atoms with van der Waals surface area (Å²) in [5, 5.41) is 3.18. The molecule has 1 amide bonds. The number of carbonyl (C=O) groups excluding carboxylic acids is 1. The highest BCUT2D eigenvalue weighted by molar-refractivity contribution is 7.92. The third-order valence-corrected chi connectivity index (χ3v) is 5.08. The van der Waals surface area contributed by atoms with Crippen LogP contribution in [0.5, 0.6) is 0 Å². The molecular formula is C16H17ClN2O3S. The van der Waals surface area contributed by atoms with Gasteiger partial charge in [0.05, 0.1) is 4.90 Å². The Kier molecular flexibility index (Phi) is 4.97. The zero-order chi connectivity index (χ0) is 17.2. The van der Waals surface area contributed by atoms with E-state index < -0.39 is 10.0 Å². The van der Waals surface area contributed by atoms with Crippen molar-refractivity contribution in [3.8, 4) is 0 Å². The summed E-state index contributed by atoms with van der Waals surface area (Å²) < 4.78 is 27.8. The van der Waals surface area contributed by atoms with Crippen molar-refractivity contribution in [1.82, 2.24) is 0 Å². The van der Waals surface area contributed by atoms with Crippen molar-refractivity contribution in [1.29, 1.82) is 0 Å². The molecule has 0 unspecified atom stereocenters. The van der Waals surface area contributed by atoms with Gasteiger partial charge in [-0.25, -0.2) is 8.42 Å². The van der Waals surface area contributed by atoms with E-state index in [2.05, 4.69) is 10.0 Å². The lowest BCUT2D eigenvalue weighted by Crippen LogP contribution is -2.16. The topological polar surface area (TPSA) is 75.3 Å². The van der Waals surface area contributed by atoms with Crippen molar-refractivity contribution in [2.24, 2.45) is 0 Å². The fourth-order valence-corrected chi connectivity index (χ4v) is 4.01. The third kappa shape index (κ3) is 4.24. The van der Waals surface area contributed by atoms with Crippen molar-refractivity contribution in [2.45, 2.75) is 25.7 Å². The molecule has 0 aliphatic heterocycles. The van der Waals surface area contributed by atoms with Crippen molar-refractivity contribution in [3.05, 3.63) is 52.5 Å². The maximum absolute atomic E-state index is 12.6. The molecule has 0 radical (unpaired) electrons. The van der Waals surface area contributed by atoms with E-state index in [1.54, 1.807) is 50.2 Å². The molecule has 0 heterocycles. The molecule has 0 fully saturated rings. The van der Waals surface area contributed by atoms with Gasteiger partial charge in [0.1, 0.15) is 0 Å². The Morgan fingerprint density at radius 3 is 2.00 bits per heavy atom. The lowest BCUT2D eigenvalue weighted by Gasteiger charge is -2.15. The summed E-state index contributed by atoms with van der Waals surface area (Å²) in [7, 11) is -3.74. The smallest absolute Gasteiger partial charge is 0.262 e. The number of anilines is 2. The monoisotopic (exact) mass is 352 g/mol. The van der Waals surface area contributed by atoms with Gasteiger partial charge >= 0.3 is 0 Å². The van der Waals surface area contributed by atoms with Gasteiger partial charge < -0.3 is 5.32 Å². The van der Waals surface area contributed by atoms with Crippen LogP contribution in [0.2, 0.25) is 5.02 Å². The number of hydrogen-bond donors (Lipinski definition) is 2. The second kappa shape index (κ2) is 6.60. The van der Waals surface area contributed by atoms with Crippen LogP contribution in [-0.2, 0) is 14.8 Å². The number of hydrogen-bond acceptors (Lipinski definition) is 3. The van der Waals surface area contributed by atoms with Crippen molar-refractivity contribution in [2.75, 3.05) is 10.0 Å². The fourth-order valence-electron chi connectivity index (χ4n) is 2.37. The van der Waals surface area contributed by atoms with Gasteiger partial charge in [0.25, 0.3) is 10.0 Å². The van der Waals surface area contributed by atoms with Gasteiger partial charge in [-0.1, -0.05) is 11.6 Å². The number of benzene rings is 2. The molecule has 0 atom stereocenters. The average Bonchev–Trinajstić information content (AvgIpc) is 2.39. The summed E-state index contributed by atoms with van der Waals surface area (Å²) in [6, 6.07) is 9.67. The van der Waals surface area contributed by atoms with E-state index in [0.29, 0.717) is 27.5 Å². The van der Waals surface area contributed by atoms with Gasteiger partial charge in [0.2, 0.25) is 5.91 Å². The number of sulfonamides is 1. The van der Waals surface area contributed by atoms with Gasteiger partial charge in [0, 0.05) is 23.3 Å². The average molecular weight is 353 g/mol. The predicted molar refractivity (Wildman–Crippen MR) is 92.5 cm³/mol. The highest BCUT2D eigenvalue weighted by atomic mass is 35.5. The Morgan fingerprint density at radius 1 is 1.00 bits per heavy atom. The molecule has 122 valence electrons. The molecule has 2 rings (SSSR count). The molecule has 5 nitrogen and oxygen atoms in total. The van der Waals surface area contributed by atoms with Crippen LogP contribution >= 0.6 is 11.6 Å². The number of nitrogens with one attached hydrogen (secondary N) is 2. The molecule has 0 aliphatic rings. The van der Waals surface area contributed by atoms with Crippen LogP contribution in [0.15, 0.2) is 41.3 Å². The Balaban J connectivity index is 2.39. The molecule has 2 N–H and O–H groups in total. The normalized spacial score (nSPS) is 11.1. The fraction of sp³-hybridized carbons (Fsp3) is 0.188. The third-order valence-electron chi connectivity index (χ3n) is 3.15. The molecule has 0 aliphatic carbocycles. The second-order valence-corrected chi connectivity index (χ2v) is 7.29. The molecule has 0 saturated carbocycles. The van der Waals surface area contributed by atoms with E-state index >= 15 is 0 Å². The van der Waals surface area contributed by atoms with E-state index in [-0.39, 0.29) is 10.8 Å². The summed E-state index contributed by atoms with van der Waals surface area (Å²) in [6.07, 6.45) is 0. The van der Waals surface area contributed by atoms with Crippen molar-refractivity contribution >= 4 is 38.9 Å². The minimum absolute atomic E-state index is 0.196. The van der Waals surface area contributed by atoms with Crippen LogP contribution in [0.3, 0.4) is 0 Å². The minimum atomic E-state index is -3.74. The first-order valence-corrected chi connectivity index (χ1v) is 8.72. The minimum Gasteiger partial charge on any atom is -0.326 e. The summed E-state index contributed by atoms with van der Waals surface area (Å²) in [5.74, 6) is -0.210. The number of amides is 1. The van der Waals surface area contributed by atoms with Gasteiger partial charge in [-0.2, -0.15) is 0 Å². The van der Waals surface area contributed by atoms with Crippen molar-refractivity contribution < 1.29 is 13.2 Å². The molecule has 7 heteroatoms. The summed E-state index contributed by atoms with van der Waals surface area (Å²) in [5.41, 5.74) is 2.10. The van der Waals surface area contributed by atoms with Crippen LogP contribution in [-0.4, -0.2) is 14.3 Å². The maximum Gasteiger partial charge on any atom is 0.262 e. The Morgan fingerprint density at radius 2 is 1.52 bits per heavy atom. The van der Waals surface area contributed by atoms with Crippen molar-refractivity contribution in [3.63, 3.8) is 0 Å². The Hall–Kier alpha value is -2.05. The predicted octanol–water partition coefficient (Wildman–Crippen LogP) is 3.72. The first-order valence-electron chi connectivity index (χ1n) is 6.86. The van der Waals surface area contributed by atoms with Gasteiger partial charge in [-0.15, -0.1) is 0 Å². The summed E-state index contributed by atoms with van der Waals surface area (Å²) in [4.78, 5) is 11.3. The second-order valence-electron chi connectivity index (χ2n) is 5.23. The molecule has 0 spiro atoms. The Bertz CT molecular complexity index is 823. The first-order chi connectivity index (χ1) is 10.7. The van der Waals surface area contributed by atoms with E-state index in [4.69, 9.17) is 11.6 Å². The van der Waals surface area contributed by atoms with E-state index in [9.17, 15) is 13.2 Å². The standard InChI is InChI=1S/C16H17ClN2O3S/c1-10-8-15(18-12(3)20)9-11(2)16(10)23(21,22)19-14-6-4-13(17)5-7-14/h4-9,19H,1-3H3,(H,18,20). The Labute approximate surface area is 140 Å². The maximum atomic E-state index is 12.6. The molecule has 0 aromatic heterocycles. The number of aryl methyl sites for hydroxylation is 2. The summed E-state index contributed by atoms with van der Waals surface area (Å²) >= 11 is 5.80. The molecule has 0 saturated heterocycles. The summed E-state index contributed by atoms with van der Waals surface area (Å²) in [6.45, 7) is 4.78. The van der Waals surface area contributed by atoms with Crippen LogP contribution < -0.4 is 10.0 Å². The van der Waals surface area contributed by atoms with Gasteiger partial charge in [-0.05, 0) is 61.4 Å². The molecule has 2 aromatic carbocycles. The zero-order valence-electron chi connectivity index (χ0n) is 13.0. The first kappa shape index (κ1) is 17.3. The molecule has 23 heavy (non-hydrogen) atoms.